The Labute approximate surface area is 158 Å². The van der Waals surface area contributed by atoms with Gasteiger partial charge < -0.3 is 5.32 Å². The van der Waals surface area contributed by atoms with E-state index in [4.69, 9.17) is 0 Å². The molecule has 2 heterocycles. The van der Waals surface area contributed by atoms with Crippen molar-refractivity contribution in [3.8, 4) is 0 Å². The maximum atomic E-state index is 12.8. The van der Waals surface area contributed by atoms with Crippen molar-refractivity contribution in [3.05, 3.63) is 75.7 Å². The molecule has 3 rings (SSSR count). The van der Waals surface area contributed by atoms with Gasteiger partial charge in [0.05, 0.1) is 11.6 Å². The molecule has 4 nitrogen and oxygen atoms in total. The Morgan fingerprint density at radius 2 is 1.96 bits per heavy atom. The number of aromatic nitrogens is 2. The third-order valence-electron chi connectivity index (χ3n) is 4.61. The molecule has 0 fully saturated rings. The predicted molar refractivity (Wildman–Crippen MR) is 107 cm³/mol. The van der Waals surface area contributed by atoms with Crippen LogP contribution in [0.5, 0.6) is 0 Å². The minimum Gasteiger partial charge on any atom is -0.353 e. The van der Waals surface area contributed by atoms with Crippen LogP contribution in [0.25, 0.3) is 0 Å². The van der Waals surface area contributed by atoms with Gasteiger partial charge in [-0.3, -0.25) is 9.48 Å². The highest BCUT2D eigenvalue weighted by atomic mass is 32.1. The van der Waals surface area contributed by atoms with Crippen LogP contribution >= 0.6 is 11.3 Å². The second kappa shape index (κ2) is 8.32. The van der Waals surface area contributed by atoms with Gasteiger partial charge in [0.2, 0.25) is 5.91 Å². The summed E-state index contributed by atoms with van der Waals surface area (Å²) < 4.78 is 2.02. The Kier molecular flexibility index (Phi) is 5.89. The van der Waals surface area contributed by atoms with Crippen molar-refractivity contribution < 1.29 is 4.79 Å². The number of aryl methyl sites for hydroxylation is 2. The number of nitrogens with zero attached hydrogens (tertiary/aromatic N) is 2. The Hall–Kier alpha value is -2.40. The Morgan fingerprint density at radius 3 is 2.54 bits per heavy atom. The molecule has 0 aliphatic heterocycles. The normalized spacial score (nSPS) is 13.3. The van der Waals surface area contributed by atoms with Crippen LogP contribution in [0.2, 0.25) is 0 Å². The average Bonchev–Trinajstić information content (AvgIpc) is 3.27. The SMILES string of the molecule is CC[C@@H](C(=O)NC[C@@H](c1cccs1)n1nc(C)cc1C)c1ccccc1. The van der Waals surface area contributed by atoms with Gasteiger partial charge in [-0.15, -0.1) is 11.3 Å². The van der Waals surface area contributed by atoms with Crippen molar-refractivity contribution in [1.29, 1.82) is 0 Å². The Morgan fingerprint density at radius 1 is 1.19 bits per heavy atom. The van der Waals surface area contributed by atoms with Crippen molar-refractivity contribution in [2.75, 3.05) is 6.54 Å². The van der Waals surface area contributed by atoms with Crippen LogP contribution in [0.15, 0.2) is 53.9 Å². The van der Waals surface area contributed by atoms with Crippen LogP contribution in [-0.4, -0.2) is 22.2 Å². The maximum Gasteiger partial charge on any atom is 0.227 e. The third-order valence-corrected chi connectivity index (χ3v) is 5.58. The largest absolute Gasteiger partial charge is 0.353 e. The molecule has 0 bridgehead atoms. The summed E-state index contributed by atoms with van der Waals surface area (Å²) in [7, 11) is 0. The van der Waals surface area contributed by atoms with Crippen molar-refractivity contribution in [1.82, 2.24) is 15.1 Å². The van der Waals surface area contributed by atoms with Gasteiger partial charge in [0.1, 0.15) is 6.04 Å². The second-order valence-electron chi connectivity index (χ2n) is 6.52. The lowest BCUT2D eigenvalue weighted by atomic mass is 9.95. The summed E-state index contributed by atoms with van der Waals surface area (Å²) in [6.07, 6.45) is 0.777. The number of carbonyl (C=O) groups excluding carboxylic acids is 1. The third kappa shape index (κ3) is 4.05. The zero-order chi connectivity index (χ0) is 18.5. The van der Waals surface area contributed by atoms with Gasteiger partial charge in [-0.25, -0.2) is 0 Å². The fourth-order valence-corrected chi connectivity index (χ4v) is 4.14. The first kappa shape index (κ1) is 18.4. The predicted octanol–water partition coefficient (Wildman–Crippen LogP) is 4.46. The molecule has 0 aliphatic rings. The maximum absolute atomic E-state index is 12.8. The number of thiophene rings is 1. The number of hydrogen-bond acceptors (Lipinski definition) is 3. The van der Waals surface area contributed by atoms with E-state index >= 15 is 0 Å². The van der Waals surface area contributed by atoms with E-state index in [9.17, 15) is 4.79 Å². The zero-order valence-electron chi connectivity index (χ0n) is 15.5. The van der Waals surface area contributed by atoms with Gasteiger partial charge in [0.15, 0.2) is 0 Å². The quantitative estimate of drug-likeness (QED) is 0.670. The first-order valence-corrected chi connectivity index (χ1v) is 9.87. The van der Waals surface area contributed by atoms with E-state index < -0.39 is 0 Å². The molecule has 0 aliphatic carbocycles. The molecule has 1 N–H and O–H groups in total. The molecule has 2 aromatic heterocycles. The monoisotopic (exact) mass is 367 g/mol. The van der Waals surface area contributed by atoms with Gasteiger partial charge in [-0.05, 0) is 43.3 Å². The summed E-state index contributed by atoms with van der Waals surface area (Å²) in [6, 6.07) is 16.2. The van der Waals surface area contributed by atoms with Gasteiger partial charge in [-0.2, -0.15) is 5.10 Å². The molecule has 3 aromatic rings. The molecular weight excluding hydrogens is 342 g/mol. The topological polar surface area (TPSA) is 46.9 Å². The van der Waals surface area contributed by atoms with Crippen LogP contribution in [0.4, 0.5) is 0 Å². The standard InChI is InChI=1S/C21H25N3OS/c1-4-18(17-9-6-5-7-10-17)21(25)22-14-19(20-11-8-12-26-20)24-16(3)13-15(2)23-24/h5-13,18-19H,4,14H2,1-3H3,(H,22,25)/t18-,19+/m1/s1. The number of amides is 1. The molecule has 26 heavy (non-hydrogen) atoms. The van der Waals surface area contributed by atoms with Crippen LogP contribution < -0.4 is 5.32 Å². The first-order chi connectivity index (χ1) is 12.6. The summed E-state index contributed by atoms with van der Waals surface area (Å²) in [5.74, 6) is -0.0533. The van der Waals surface area contributed by atoms with Crippen molar-refractivity contribution >= 4 is 17.2 Å². The molecule has 1 aromatic carbocycles. The van der Waals surface area contributed by atoms with E-state index in [0.717, 1.165) is 23.4 Å². The molecule has 0 saturated carbocycles. The number of benzene rings is 1. The zero-order valence-corrected chi connectivity index (χ0v) is 16.3. The summed E-state index contributed by atoms with van der Waals surface area (Å²) in [6.45, 7) is 6.64. The Bertz CT molecular complexity index is 840. The molecule has 0 radical (unpaired) electrons. The highest BCUT2D eigenvalue weighted by molar-refractivity contribution is 7.10. The lowest BCUT2D eigenvalue weighted by Gasteiger charge is -2.21. The fourth-order valence-electron chi connectivity index (χ4n) is 3.33. The van der Waals surface area contributed by atoms with Gasteiger partial charge in [0, 0.05) is 17.1 Å². The van der Waals surface area contributed by atoms with Gasteiger partial charge in [0.25, 0.3) is 0 Å². The molecule has 136 valence electrons. The second-order valence-corrected chi connectivity index (χ2v) is 7.50. The smallest absolute Gasteiger partial charge is 0.227 e. The summed E-state index contributed by atoms with van der Waals surface area (Å²) >= 11 is 1.69. The number of hydrogen-bond donors (Lipinski definition) is 1. The van der Waals surface area contributed by atoms with Crippen molar-refractivity contribution in [3.63, 3.8) is 0 Å². The van der Waals surface area contributed by atoms with Gasteiger partial charge >= 0.3 is 0 Å². The summed E-state index contributed by atoms with van der Waals surface area (Å²) in [5.41, 5.74) is 3.16. The molecule has 1 amide bonds. The molecule has 2 atom stereocenters. The van der Waals surface area contributed by atoms with E-state index in [0.29, 0.717) is 6.54 Å². The first-order valence-electron chi connectivity index (χ1n) is 8.99. The van der Waals surface area contributed by atoms with Crippen LogP contribution in [0.3, 0.4) is 0 Å². The number of nitrogens with one attached hydrogen (secondary N) is 1. The number of rotatable bonds is 7. The van der Waals surface area contributed by atoms with E-state index in [-0.39, 0.29) is 17.9 Å². The number of carbonyl (C=O) groups is 1. The highest BCUT2D eigenvalue weighted by Gasteiger charge is 2.22. The van der Waals surface area contributed by atoms with E-state index in [1.165, 1.54) is 4.88 Å². The summed E-state index contributed by atoms with van der Waals surface area (Å²) in [4.78, 5) is 14.0. The molecule has 0 saturated heterocycles. The highest BCUT2D eigenvalue weighted by Crippen LogP contribution is 2.25. The summed E-state index contributed by atoms with van der Waals surface area (Å²) in [5, 5.41) is 9.87. The van der Waals surface area contributed by atoms with Crippen LogP contribution in [0, 0.1) is 13.8 Å². The molecule has 5 heteroatoms. The minimum atomic E-state index is -0.124. The van der Waals surface area contributed by atoms with Crippen molar-refractivity contribution in [2.45, 2.75) is 39.2 Å². The van der Waals surface area contributed by atoms with E-state index in [1.807, 2.05) is 48.0 Å². The minimum absolute atomic E-state index is 0.0147. The molecular formula is C21H25N3OS. The lowest BCUT2D eigenvalue weighted by molar-refractivity contribution is -0.122. The molecule has 0 unspecified atom stereocenters. The molecule has 0 spiro atoms. The Balaban J connectivity index is 1.78. The van der Waals surface area contributed by atoms with E-state index in [2.05, 4.69) is 41.8 Å². The van der Waals surface area contributed by atoms with Crippen LogP contribution in [-0.2, 0) is 4.79 Å². The van der Waals surface area contributed by atoms with Gasteiger partial charge in [-0.1, -0.05) is 43.3 Å². The fraction of sp³-hybridized carbons (Fsp3) is 0.333. The lowest BCUT2D eigenvalue weighted by Crippen LogP contribution is -2.35. The van der Waals surface area contributed by atoms with E-state index in [1.54, 1.807) is 11.3 Å². The van der Waals surface area contributed by atoms with Crippen LogP contribution in [0.1, 0.15) is 47.1 Å². The average molecular weight is 368 g/mol. The van der Waals surface area contributed by atoms with Crippen molar-refractivity contribution in [2.24, 2.45) is 0 Å².